The number of unbranched alkanes of at least 4 members (excludes halogenated alkanes) is 9. The van der Waals surface area contributed by atoms with Gasteiger partial charge in [-0.05, 0) is 30.5 Å². The largest absolute Gasteiger partial charge is 0.289 e. The van der Waals surface area contributed by atoms with E-state index in [0.717, 1.165) is 13.1 Å². The Labute approximate surface area is 183 Å². The molecule has 0 bridgehead atoms. The summed E-state index contributed by atoms with van der Waals surface area (Å²) in [5.74, 6) is 1.32. The van der Waals surface area contributed by atoms with Gasteiger partial charge in [0.15, 0.2) is 0 Å². The zero-order valence-electron chi connectivity index (χ0n) is 18.8. The second-order valence-corrected chi connectivity index (χ2v) is 8.48. The van der Waals surface area contributed by atoms with Gasteiger partial charge in [-0.2, -0.15) is 0 Å². The van der Waals surface area contributed by atoms with Crippen molar-refractivity contribution in [2.24, 2.45) is 0 Å². The van der Waals surface area contributed by atoms with Crippen LogP contribution in [0.5, 0.6) is 0 Å². The lowest BCUT2D eigenvalue weighted by Crippen LogP contribution is -2.35. The first-order chi connectivity index (χ1) is 14.9. The molecule has 0 spiro atoms. The van der Waals surface area contributed by atoms with E-state index in [2.05, 4.69) is 89.1 Å². The van der Waals surface area contributed by atoms with Crippen LogP contribution in [-0.4, -0.2) is 4.57 Å². The fraction of sp³-hybridized carbons (Fsp3) is 0.464. The van der Waals surface area contributed by atoms with Crippen LogP contribution in [0.4, 0.5) is 0 Å². The number of hydrogen-bond acceptors (Lipinski definition) is 0. The number of nitrogens with zero attached hydrogens (tertiary/aromatic N) is 2. The second-order valence-electron chi connectivity index (χ2n) is 8.48. The maximum Gasteiger partial charge on any atom is 0.289 e. The average Bonchev–Trinajstić information content (AvgIpc) is 3.18. The third kappa shape index (κ3) is 7.16. The Bertz CT molecular complexity index is 820. The monoisotopic (exact) mass is 403 g/mol. The minimum atomic E-state index is 0.913. The summed E-state index contributed by atoms with van der Waals surface area (Å²) in [6.45, 7) is 4.30. The van der Waals surface area contributed by atoms with E-state index in [1.807, 2.05) is 0 Å². The summed E-state index contributed by atoms with van der Waals surface area (Å²) in [7, 11) is 0. The first-order valence-corrected chi connectivity index (χ1v) is 12.1. The number of aryl methyl sites for hydroxylation is 1. The molecular formula is C28H39N2+. The molecule has 2 nitrogen and oxygen atoms in total. The predicted octanol–water partition coefficient (Wildman–Crippen LogP) is 7.41. The lowest BCUT2D eigenvalue weighted by molar-refractivity contribution is -0.686. The minimum Gasteiger partial charge on any atom is -0.230 e. The third-order valence-corrected chi connectivity index (χ3v) is 5.95. The molecule has 0 amide bonds. The standard InChI is InChI=1S/C28H39N2/c1-2-3-4-5-6-7-8-9-10-17-22-29-23-24-30(25-26-18-13-11-14-19-26)28(29)27-20-15-12-16-21-27/h11-16,18-21,23-24H,2-10,17,22,25H2,1H3/q+1. The van der Waals surface area contributed by atoms with Crippen molar-refractivity contribution in [3.63, 3.8) is 0 Å². The summed E-state index contributed by atoms with van der Waals surface area (Å²) >= 11 is 0. The van der Waals surface area contributed by atoms with Gasteiger partial charge >= 0.3 is 0 Å². The van der Waals surface area contributed by atoms with E-state index in [4.69, 9.17) is 0 Å². The van der Waals surface area contributed by atoms with E-state index in [9.17, 15) is 0 Å². The van der Waals surface area contributed by atoms with Crippen LogP contribution in [0.15, 0.2) is 73.1 Å². The molecule has 0 aliphatic rings. The van der Waals surface area contributed by atoms with Gasteiger partial charge in [0.25, 0.3) is 5.82 Å². The fourth-order valence-electron chi connectivity index (χ4n) is 4.24. The van der Waals surface area contributed by atoms with Gasteiger partial charge < -0.3 is 0 Å². The zero-order chi connectivity index (χ0) is 20.9. The van der Waals surface area contributed by atoms with E-state index in [0.29, 0.717) is 0 Å². The number of benzene rings is 2. The summed E-state index contributed by atoms with van der Waals surface area (Å²) < 4.78 is 4.84. The van der Waals surface area contributed by atoms with Crippen molar-refractivity contribution in [1.29, 1.82) is 0 Å². The fourth-order valence-corrected chi connectivity index (χ4v) is 4.24. The van der Waals surface area contributed by atoms with Crippen LogP contribution in [0.2, 0.25) is 0 Å². The highest BCUT2D eigenvalue weighted by atomic mass is 15.1. The van der Waals surface area contributed by atoms with E-state index < -0.39 is 0 Å². The minimum absolute atomic E-state index is 0.913. The predicted molar refractivity (Wildman–Crippen MR) is 127 cm³/mol. The summed E-state index contributed by atoms with van der Waals surface area (Å²) in [5.41, 5.74) is 2.64. The van der Waals surface area contributed by atoms with Gasteiger partial charge in [-0.3, -0.25) is 0 Å². The number of rotatable bonds is 14. The molecule has 1 aromatic heterocycles. The van der Waals surface area contributed by atoms with E-state index in [-0.39, 0.29) is 0 Å². The normalized spacial score (nSPS) is 11.1. The van der Waals surface area contributed by atoms with Gasteiger partial charge in [-0.15, -0.1) is 0 Å². The first kappa shape index (κ1) is 22.3. The van der Waals surface area contributed by atoms with Gasteiger partial charge in [0.2, 0.25) is 0 Å². The molecule has 0 aliphatic heterocycles. The van der Waals surface area contributed by atoms with Gasteiger partial charge in [0.1, 0.15) is 18.9 Å². The molecule has 30 heavy (non-hydrogen) atoms. The third-order valence-electron chi connectivity index (χ3n) is 5.95. The Hall–Kier alpha value is -2.35. The van der Waals surface area contributed by atoms with Crippen LogP contribution in [0.25, 0.3) is 11.4 Å². The molecule has 0 fully saturated rings. The number of aromatic nitrogens is 2. The van der Waals surface area contributed by atoms with Crippen molar-refractivity contribution < 1.29 is 4.57 Å². The highest BCUT2D eigenvalue weighted by Gasteiger charge is 2.19. The molecule has 160 valence electrons. The van der Waals surface area contributed by atoms with E-state index in [1.54, 1.807) is 0 Å². The SMILES string of the molecule is CCCCCCCCCCCC[n+]1ccn(Cc2ccccc2)c1-c1ccccc1. The lowest BCUT2D eigenvalue weighted by atomic mass is 10.1. The maximum absolute atomic E-state index is 2.45. The highest BCUT2D eigenvalue weighted by Crippen LogP contribution is 2.18. The van der Waals surface area contributed by atoms with Crippen LogP contribution in [0, 0.1) is 0 Å². The molecule has 3 aromatic rings. The summed E-state index contributed by atoms with van der Waals surface area (Å²) in [6.07, 6.45) is 18.3. The lowest BCUT2D eigenvalue weighted by Gasteiger charge is -2.06. The van der Waals surface area contributed by atoms with Crippen LogP contribution in [0.3, 0.4) is 0 Å². The molecule has 0 unspecified atom stereocenters. The quantitative estimate of drug-likeness (QED) is 0.196. The Morgan fingerprint density at radius 3 is 1.87 bits per heavy atom. The molecular weight excluding hydrogens is 364 g/mol. The van der Waals surface area contributed by atoms with Crippen LogP contribution >= 0.6 is 0 Å². The summed E-state index contributed by atoms with van der Waals surface area (Å²) in [6, 6.07) is 21.6. The molecule has 2 aromatic carbocycles. The maximum atomic E-state index is 2.45. The topological polar surface area (TPSA) is 8.81 Å². The second kappa shape index (κ2) is 13.1. The van der Waals surface area contributed by atoms with Crippen molar-refractivity contribution in [3.8, 4) is 11.4 Å². The molecule has 0 aliphatic carbocycles. The van der Waals surface area contributed by atoms with Crippen molar-refractivity contribution in [2.75, 3.05) is 0 Å². The Morgan fingerprint density at radius 2 is 1.23 bits per heavy atom. The Balaban J connectivity index is 1.52. The molecule has 0 radical (unpaired) electrons. The highest BCUT2D eigenvalue weighted by molar-refractivity contribution is 5.52. The van der Waals surface area contributed by atoms with Gasteiger partial charge in [0.05, 0.1) is 12.1 Å². The van der Waals surface area contributed by atoms with Crippen LogP contribution in [0.1, 0.15) is 76.7 Å². The van der Waals surface area contributed by atoms with Crippen molar-refractivity contribution in [3.05, 3.63) is 78.6 Å². The van der Waals surface area contributed by atoms with Crippen molar-refractivity contribution >= 4 is 0 Å². The molecule has 0 saturated carbocycles. The van der Waals surface area contributed by atoms with Crippen molar-refractivity contribution in [2.45, 2.75) is 84.2 Å². The summed E-state index contributed by atoms with van der Waals surface area (Å²) in [4.78, 5) is 0. The van der Waals surface area contributed by atoms with Gasteiger partial charge in [-0.1, -0.05) is 107 Å². The van der Waals surface area contributed by atoms with Crippen LogP contribution in [-0.2, 0) is 13.1 Å². The Kier molecular flexibility index (Phi) is 9.72. The molecule has 0 N–H and O–H groups in total. The van der Waals surface area contributed by atoms with E-state index >= 15 is 0 Å². The summed E-state index contributed by atoms with van der Waals surface area (Å²) in [5, 5.41) is 0. The van der Waals surface area contributed by atoms with E-state index in [1.165, 1.54) is 81.2 Å². The number of imidazole rings is 1. The van der Waals surface area contributed by atoms with Gasteiger partial charge in [-0.25, -0.2) is 9.13 Å². The molecule has 0 atom stereocenters. The zero-order valence-corrected chi connectivity index (χ0v) is 18.8. The number of hydrogen-bond donors (Lipinski definition) is 0. The molecule has 2 heteroatoms. The van der Waals surface area contributed by atoms with Crippen LogP contribution < -0.4 is 4.57 Å². The van der Waals surface area contributed by atoms with Gasteiger partial charge in [0, 0.05) is 0 Å². The van der Waals surface area contributed by atoms with Crippen molar-refractivity contribution in [1.82, 2.24) is 4.57 Å². The molecule has 3 rings (SSSR count). The molecule has 1 heterocycles. The molecule has 0 saturated heterocycles. The smallest absolute Gasteiger partial charge is 0.230 e. The first-order valence-electron chi connectivity index (χ1n) is 12.1. The average molecular weight is 404 g/mol. The Morgan fingerprint density at radius 1 is 0.667 bits per heavy atom.